The Balaban J connectivity index is 2.06. The van der Waals surface area contributed by atoms with Crippen molar-refractivity contribution in [2.24, 2.45) is 0 Å². The summed E-state index contributed by atoms with van der Waals surface area (Å²) in [6, 6.07) is 5.95. The van der Waals surface area contributed by atoms with Gasteiger partial charge in [0.1, 0.15) is 0 Å². The van der Waals surface area contributed by atoms with E-state index in [0.717, 1.165) is 29.3 Å². The molecule has 7 heteroatoms. The van der Waals surface area contributed by atoms with Crippen LogP contribution in [0.2, 0.25) is 0 Å². The van der Waals surface area contributed by atoms with Crippen molar-refractivity contribution in [3.63, 3.8) is 0 Å². The van der Waals surface area contributed by atoms with E-state index in [0.29, 0.717) is 24.9 Å². The van der Waals surface area contributed by atoms with Crippen LogP contribution in [0.25, 0.3) is 0 Å². The van der Waals surface area contributed by atoms with Crippen LogP contribution in [-0.4, -0.2) is 34.7 Å². The Kier molecular flexibility index (Phi) is 6.87. The quantitative estimate of drug-likeness (QED) is 0.715. The number of nitrogens with zero attached hydrogens (tertiary/aromatic N) is 2. The summed E-state index contributed by atoms with van der Waals surface area (Å²) in [4.78, 5) is 0. The van der Waals surface area contributed by atoms with E-state index < -0.39 is 0 Å². The highest BCUT2D eigenvalue weighted by molar-refractivity contribution is 7.80. The smallest absolute Gasteiger partial charge is 0.170 e. The molecule has 0 amide bonds. The number of anilines is 1. The Morgan fingerprint density at radius 1 is 1.17 bits per heavy atom. The third-order valence-electron chi connectivity index (χ3n) is 3.18. The standard InChI is InChI=1S/C17H24N4O2S/c1-4-18-17(24)20-14-10-19-21(12-14)11-13-7-8-15(22-5-2)16(9-13)23-6-3/h7-10,12H,4-6,11H2,1-3H3,(H2,18,20,24). The van der Waals surface area contributed by atoms with Gasteiger partial charge in [-0.1, -0.05) is 6.07 Å². The van der Waals surface area contributed by atoms with Gasteiger partial charge in [0.05, 0.1) is 31.6 Å². The minimum atomic E-state index is 0.594. The molecule has 0 fully saturated rings. The summed E-state index contributed by atoms with van der Waals surface area (Å²) >= 11 is 5.17. The summed E-state index contributed by atoms with van der Waals surface area (Å²) in [6.07, 6.45) is 3.67. The normalized spacial score (nSPS) is 10.3. The minimum absolute atomic E-state index is 0.594. The average Bonchev–Trinajstić information content (AvgIpc) is 2.97. The van der Waals surface area contributed by atoms with E-state index in [2.05, 4.69) is 15.7 Å². The minimum Gasteiger partial charge on any atom is -0.490 e. The summed E-state index contributed by atoms with van der Waals surface area (Å²) in [5.74, 6) is 1.53. The molecule has 0 spiro atoms. The average molecular weight is 348 g/mol. The molecule has 0 bridgehead atoms. The third-order valence-corrected chi connectivity index (χ3v) is 3.43. The molecule has 0 aliphatic carbocycles. The fraction of sp³-hybridized carbons (Fsp3) is 0.412. The summed E-state index contributed by atoms with van der Waals surface area (Å²) in [6.45, 7) is 8.55. The lowest BCUT2D eigenvalue weighted by Gasteiger charge is -2.12. The van der Waals surface area contributed by atoms with Crippen molar-refractivity contribution in [2.75, 3.05) is 25.1 Å². The number of ether oxygens (including phenoxy) is 2. The lowest BCUT2D eigenvalue weighted by molar-refractivity contribution is 0.287. The van der Waals surface area contributed by atoms with Crippen molar-refractivity contribution in [2.45, 2.75) is 27.3 Å². The number of benzene rings is 1. The van der Waals surface area contributed by atoms with Crippen LogP contribution in [0.4, 0.5) is 5.69 Å². The van der Waals surface area contributed by atoms with E-state index >= 15 is 0 Å². The van der Waals surface area contributed by atoms with Gasteiger partial charge < -0.3 is 20.1 Å². The van der Waals surface area contributed by atoms with Crippen LogP contribution in [0, 0.1) is 0 Å². The van der Waals surface area contributed by atoms with Crippen molar-refractivity contribution < 1.29 is 9.47 Å². The maximum Gasteiger partial charge on any atom is 0.170 e. The van der Waals surface area contributed by atoms with Gasteiger partial charge in [-0.05, 0) is 50.7 Å². The molecule has 0 unspecified atom stereocenters. The molecular weight excluding hydrogens is 324 g/mol. The lowest BCUT2D eigenvalue weighted by Crippen LogP contribution is -2.27. The van der Waals surface area contributed by atoms with Crippen LogP contribution in [-0.2, 0) is 6.54 Å². The van der Waals surface area contributed by atoms with Crippen LogP contribution < -0.4 is 20.1 Å². The van der Waals surface area contributed by atoms with Crippen molar-refractivity contribution >= 4 is 23.0 Å². The molecule has 1 heterocycles. The van der Waals surface area contributed by atoms with E-state index in [1.165, 1.54) is 0 Å². The molecule has 0 aliphatic heterocycles. The molecule has 130 valence electrons. The van der Waals surface area contributed by atoms with Gasteiger partial charge in [0.25, 0.3) is 0 Å². The number of hydrogen-bond acceptors (Lipinski definition) is 4. The Bertz CT molecular complexity index is 672. The summed E-state index contributed by atoms with van der Waals surface area (Å²) in [5.41, 5.74) is 1.95. The Hall–Kier alpha value is -2.28. The highest BCUT2D eigenvalue weighted by Crippen LogP contribution is 2.28. The molecule has 0 saturated heterocycles. The molecule has 0 atom stereocenters. The summed E-state index contributed by atoms with van der Waals surface area (Å²) in [7, 11) is 0. The van der Waals surface area contributed by atoms with Gasteiger partial charge in [-0.3, -0.25) is 4.68 Å². The van der Waals surface area contributed by atoms with E-state index in [-0.39, 0.29) is 0 Å². The Labute approximate surface area is 148 Å². The maximum atomic E-state index is 5.66. The van der Waals surface area contributed by atoms with E-state index in [9.17, 15) is 0 Å². The van der Waals surface area contributed by atoms with Gasteiger partial charge in [0.15, 0.2) is 16.6 Å². The van der Waals surface area contributed by atoms with Crippen molar-refractivity contribution in [3.05, 3.63) is 36.2 Å². The molecule has 0 radical (unpaired) electrons. The number of nitrogens with one attached hydrogen (secondary N) is 2. The molecule has 1 aromatic heterocycles. The van der Waals surface area contributed by atoms with E-state index in [1.807, 2.05) is 49.8 Å². The molecule has 24 heavy (non-hydrogen) atoms. The zero-order chi connectivity index (χ0) is 17.4. The molecule has 6 nitrogen and oxygen atoms in total. The highest BCUT2D eigenvalue weighted by Gasteiger charge is 2.07. The Morgan fingerprint density at radius 3 is 2.62 bits per heavy atom. The first-order chi connectivity index (χ1) is 11.7. The number of thiocarbonyl (C=S) groups is 1. The first-order valence-electron chi connectivity index (χ1n) is 8.12. The predicted octanol–water partition coefficient (Wildman–Crippen LogP) is 3.04. The summed E-state index contributed by atoms with van der Waals surface area (Å²) in [5, 5.41) is 11.1. The first kappa shape index (κ1) is 18.1. The van der Waals surface area contributed by atoms with Gasteiger partial charge >= 0.3 is 0 Å². The molecule has 0 saturated carbocycles. The van der Waals surface area contributed by atoms with Gasteiger partial charge in [0.2, 0.25) is 0 Å². The van der Waals surface area contributed by atoms with Gasteiger partial charge in [0, 0.05) is 12.7 Å². The SMILES string of the molecule is CCNC(=S)Nc1cnn(Cc2ccc(OCC)c(OCC)c2)c1. The van der Waals surface area contributed by atoms with Gasteiger partial charge in [-0.25, -0.2) is 0 Å². The third kappa shape index (κ3) is 5.13. The van der Waals surface area contributed by atoms with Crippen LogP contribution in [0.15, 0.2) is 30.6 Å². The monoisotopic (exact) mass is 348 g/mol. The molecule has 1 aromatic carbocycles. The maximum absolute atomic E-state index is 5.66. The fourth-order valence-electron chi connectivity index (χ4n) is 2.23. The molecule has 0 aliphatic rings. The fourth-order valence-corrected chi connectivity index (χ4v) is 2.49. The van der Waals surface area contributed by atoms with E-state index in [1.54, 1.807) is 6.20 Å². The number of rotatable bonds is 8. The molecule has 2 rings (SSSR count). The molecule has 2 N–H and O–H groups in total. The Morgan fingerprint density at radius 2 is 1.92 bits per heavy atom. The van der Waals surface area contributed by atoms with Crippen LogP contribution in [0.1, 0.15) is 26.3 Å². The second-order valence-corrected chi connectivity index (χ2v) is 5.47. The zero-order valence-electron chi connectivity index (χ0n) is 14.3. The second-order valence-electron chi connectivity index (χ2n) is 5.06. The van der Waals surface area contributed by atoms with Crippen molar-refractivity contribution in [3.8, 4) is 11.5 Å². The predicted molar refractivity (Wildman–Crippen MR) is 100 cm³/mol. The highest BCUT2D eigenvalue weighted by atomic mass is 32.1. The van der Waals surface area contributed by atoms with Gasteiger partial charge in [-0.15, -0.1) is 0 Å². The number of hydrogen-bond donors (Lipinski definition) is 2. The molecule has 2 aromatic rings. The number of aromatic nitrogens is 2. The lowest BCUT2D eigenvalue weighted by atomic mass is 10.2. The van der Waals surface area contributed by atoms with Crippen LogP contribution >= 0.6 is 12.2 Å². The zero-order valence-corrected chi connectivity index (χ0v) is 15.2. The largest absolute Gasteiger partial charge is 0.490 e. The van der Waals surface area contributed by atoms with E-state index in [4.69, 9.17) is 21.7 Å². The summed E-state index contributed by atoms with van der Waals surface area (Å²) < 4.78 is 13.1. The second kappa shape index (κ2) is 9.12. The van der Waals surface area contributed by atoms with Crippen LogP contribution in [0.5, 0.6) is 11.5 Å². The topological polar surface area (TPSA) is 60.3 Å². The molecular formula is C17H24N4O2S. The van der Waals surface area contributed by atoms with Crippen molar-refractivity contribution in [1.82, 2.24) is 15.1 Å². The van der Waals surface area contributed by atoms with Gasteiger partial charge in [-0.2, -0.15) is 5.10 Å². The first-order valence-corrected chi connectivity index (χ1v) is 8.52. The van der Waals surface area contributed by atoms with Crippen molar-refractivity contribution in [1.29, 1.82) is 0 Å². The van der Waals surface area contributed by atoms with Crippen LogP contribution in [0.3, 0.4) is 0 Å².